The highest BCUT2D eigenvalue weighted by Gasteiger charge is 2.04. The predicted molar refractivity (Wildman–Crippen MR) is 45.4 cm³/mol. The normalized spacial score (nSPS) is 13.2. The number of carboxylic acid groups (broad SMARTS) is 1. The van der Waals surface area contributed by atoms with Crippen LogP contribution in [0.25, 0.3) is 0 Å². The second-order valence-corrected chi connectivity index (χ2v) is 2.33. The Bertz CT molecular complexity index is 159. The van der Waals surface area contributed by atoms with E-state index in [2.05, 4.69) is 6.58 Å². The second-order valence-electron chi connectivity index (χ2n) is 2.33. The van der Waals surface area contributed by atoms with Crippen molar-refractivity contribution in [3.63, 3.8) is 0 Å². The van der Waals surface area contributed by atoms with E-state index in [0.29, 0.717) is 0 Å². The minimum absolute atomic E-state index is 0.0209. The van der Waals surface area contributed by atoms with Crippen LogP contribution in [0.2, 0.25) is 0 Å². The van der Waals surface area contributed by atoms with Crippen LogP contribution in [0.3, 0.4) is 0 Å². The van der Waals surface area contributed by atoms with Crippen LogP contribution in [0.15, 0.2) is 24.8 Å². The van der Waals surface area contributed by atoms with Crippen molar-refractivity contribution >= 4 is 5.97 Å². The van der Waals surface area contributed by atoms with E-state index in [-0.39, 0.29) is 12.3 Å². The van der Waals surface area contributed by atoms with Crippen molar-refractivity contribution in [1.29, 1.82) is 0 Å². The molecule has 0 aromatic rings. The molecule has 0 saturated carbocycles. The van der Waals surface area contributed by atoms with Crippen LogP contribution in [-0.2, 0) is 4.79 Å². The summed E-state index contributed by atoms with van der Waals surface area (Å²) >= 11 is 0. The molecule has 0 aromatic carbocycles. The van der Waals surface area contributed by atoms with E-state index in [1.807, 2.05) is 19.1 Å². The number of rotatable bonds is 5. The maximum absolute atomic E-state index is 10.3. The van der Waals surface area contributed by atoms with Gasteiger partial charge in [0.05, 0.1) is 6.42 Å². The summed E-state index contributed by atoms with van der Waals surface area (Å²) in [4.78, 5) is 10.3. The van der Waals surface area contributed by atoms with Gasteiger partial charge in [-0.05, 0) is 6.42 Å². The van der Waals surface area contributed by atoms with Crippen molar-refractivity contribution in [3.05, 3.63) is 24.8 Å². The molecule has 0 aromatic heterocycles. The lowest BCUT2D eigenvalue weighted by atomic mass is 10.1. The van der Waals surface area contributed by atoms with Gasteiger partial charge in [-0.1, -0.05) is 25.2 Å². The highest BCUT2D eigenvalue weighted by Crippen LogP contribution is 2.06. The molecule has 0 aliphatic carbocycles. The third-order valence-corrected chi connectivity index (χ3v) is 1.33. The molecule has 0 spiro atoms. The monoisotopic (exact) mass is 154 g/mol. The molecule has 11 heavy (non-hydrogen) atoms. The zero-order valence-corrected chi connectivity index (χ0v) is 6.79. The molecule has 0 aliphatic rings. The number of hydrogen-bond acceptors (Lipinski definition) is 1. The summed E-state index contributed by atoms with van der Waals surface area (Å²) in [7, 11) is 0. The van der Waals surface area contributed by atoms with Crippen LogP contribution >= 0.6 is 0 Å². The molecule has 2 heteroatoms. The van der Waals surface area contributed by atoms with E-state index >= 15 is 0 Å². The Morgan fingerprint density at radius 2 is 2.36 bits per heavy atom. The van der Waals surface area contributed by atoms with Gasteiger partial charge in [-0.25, -0.2) is 0 Å². The standard InChI is InChI=1S/C9H14O2/c1-3-5-6-8(4-2)7-9(10)11/h4-6,8H,2-3,7H2,1H3,(H,10,11). The van der Waals surface area contributed by atoms with Gasteiger partial charge in [-0.3, -0.25) is 4.79 Å². The second kappa shape index (κ2) is 5.71. The Hall–Kier alpha value is -1.05. The number of aliphatic carboxylic acids is 1. The fourth-order valence-electron chi connectivity index (χ4n) is 0.742. The topological polar surface area (TPSA) is 37.3 Å². The van der Waals surface area contributed by atoms with Gasteiger partial charge >= 0.3 is 5.97 Å². The molecule has 0 radical (unpaired) electrons. The van der Waals surface area contributed by atoms with E-state index < -0.39 is 5.97 Å². The van der Waals surface area contributed by atoms with Crippen molar-refractivity contribution in [2.45, 2.75) is 19.8 Å². The summed E-state index contributed by atoms with van der Waals surface area (Å²) in [5.41, 5.74) is 0. The Balaban J connectivity index is 3.85. The summed E-state index contributed by atoms with van der Waals surface area (Å²) in [6.07, 6.45) is 6.56. The smallest absolute Gasteiger partial charge is 0.304 e. The highest BCUT2D eigenvalue weighted by atomic mass is 16.4. The van der Waals surface area contributed by atoms with Crippen LogP contribution in [0.1, 0.15) is 19.8 Å². The molecule has 0 amide bonds. The summed E-state index contributed by atoms with van der Waals surface area (Å²) in [5.74, 6) is -0.803. The fourth-order valence-corrected chi connectivity index (χ4v) is 0.742. The first-order valence-corrected chi connectivity index (χ1v) is 3.71. The molecule has 0 aliphatic heterocycles. The van der Waals surface area contributed by atoms with Gasteiger partial charge in [0.1, 0.15) is 0 Å². The maximum Gasteiger partial charge on any atom is 0.304 e. The van der Waals surface area contributed by atoms with Crippen molar-refractivity contribution in [1.82, 2.24) is 0 Å². The first-order chi connectivity index (χ1) is 5.20. The number of carboxylic acids is 1. The van der Waals surface area contributed by atoms with E-state index in [1.54, 1.807) is 6.08 Å². The van der Waals surface area contributed by atoms with E-state index in [9.17, 15) is 4.79 Å². The van der Waals surface area contributed by atoms with Crippen LogP contribution in [0.4, 0.5) is 0 Å². The Kier molecular flexibility index (Phi) is 5.17. The van der Waals surface area contributed by atoms with Gasteiger partial charge in [0, 0.05) is 5.92 Å². The minimum atomic E-state index is -0.782. The molecule has 1 atom stereocenters. The van der Waals surface area contributed by atoms with Crippen molar-refractivity contribution < 1.29 is 9.90 Å². The average molecular weight is 154 g/mol. The van der Waals surface area contributed by atoms with E-state index in [0.717, 1.165) is 6.42 Å². The average Bonchev–Trinajstić information content (AvgIpc) is 1.97. The minimum Gasteiger partial charge on any atom is -0.481 e. The van der Waals surface area contributed by atoms with Gasteiger partial charge in [0.25, 0.3) is 0 Å². The summed E-state index contributed by atoms with van der Waals surface area (Å²) < 4.78 is 0. The van der Waals surface area contributed by atoms with E-state index in [1.165, 1.54) is 0 Å². The molecule has 1 N–H and O–H groups in total. The van der Waals surface area contributed by atoms with Crippen molar-refractivity contribution in [3.8, 4) is 0 Å². The lowest BCUT2D eigenvalue weighted by molar-refractivity contribution is -0.137. The van der Waals surface area contributed by atoms with Crippen LogP contribution < -0.4 is 0 Å². The van der Waals surface area contributed by atoms with Gasteiger partial charge in [-0.15, -0.1) is 6.58 Å². The lowest BCUT2D eigenvalue weighted by Gasteiger charge is -2.01. The van der Waals surface area contributed by atoms with Gasteiger partial charge < -0.3 is 5.11 Å². The molecular weight excluding hydrogens is 140 g/mol. The van der Waals surface area contributed by atoms with Gasteiger partial charge in [-0.2, -0.15) is 0 Å². The molecular formula is C9H14O2. The zero-order chi connectivity index (χ0) is 8.69. The number of carbonyl (C=O) groups is 1. The number of allylic oxidation sites excluding steroid dienone is 3. The Labute approximate surface area is 67.2 Å². The predicted octanol–water partition coefficient (Wildman–Crippen LogP) is 2.23. The maximum atomic E-state index is 10.3. The van der Waals surface area contributed by atoms with Crippen LogP contribution in [0.5, 0.6) is 0 Å². The SMILES string of the molecule is C=CC(C=CCC)CC(=O)O. The van der Waals surface area contributed by atoms with Crippen LogP contribution in [0, 0.1) is 5.92 Å². The Morgan fingerprint density at radius 1 is 1.73 bits per heavy atom. The summed E-state index contributed by atoms with van der Waals surface area (Å²) in [6.45, 7) is 5.56. The van der Waals surface area contributed by atoms with Gasteiger partial charge in [0.15, 0.2) is 0 Å². The summed E-state index contributed by atoms with van der Waals surface area (Å²) in [6, 6.07) is 0. The molecule has 2 nitrogen and oxygen atoms in total. The van der Waals surface area contributed by atoms with E-state index in [4.69, 9.17) is 5.11 Å². The Morgan fingerprint density at radius 3 is 2.73 bits per heavy atom. The molecule has 0 saturated heterocycles. The highest BCUT2D eigenvalue weighted by molar-refractivity contribution is 5.67. The molecule has 0 rings (SSSR count). The zero-order valence-electron chi connectivity index (χ0n) is 6.79. The quantitative estimate of drug-likeness (QED) is 0.616. The number of hydrogen-bond donors (Lipinski definition) is 1. The molecule has 62 valence electrons. The van der Waals surface area contributed by atoms with Crippen LogP contribution in [-0.4, -0.2) is 11.1 Å². The van der Waals surface area contributed by atoms with Crippen molar-refractivity contribution in [2.24, 2.45) is 5.92 Å². The molecule has 0 fully saturated rings. The lowest BCUT2D eigenvalue weighted by Crippen LogP contribution is -2.02. The third kappa shape index (κ3) is 5.40. The van der Waals surface area contributed by atoms with Gasteiger partial charge in [0.2, 0.25) is 0 Å². The largest absolute Gasteiger partial charge is 0.481 e. The van der Waals surface area contributed by atoms with Crippen molar-refractivity contribution in [2.75, 3.05) is 0 Å². The summed E-state index contributed by atoms with van der Waals surface area (Å²) in [5, 5.41) is 8.43. The first-order valence-electron chi connectivity index (χ1n) is 3.71. The molecule has 0 heterocycles. The molecule has 1 unspecified atom stereocenters. The fraction of sp³-hybridized carbons (Fsp3) is 0.444. The molecule has 0 bridgehead atoms. The first kappa shape index (κ1) is 9.95. The third-order valence-electron chi connectivity index (χ3n) is 1.33.